The zero-order chi connectivity index (χ0) is 17.6. The summed E-state index contributed by atoms with van der Waals surface area (Å²) in [6.45, 7) is 2.60. The van der Waals surface area contributed by atoms with Crippen LogP contribution in [0.25, 0.3) is 0 Å². The number of carbonyl (C=O) groups excluding carboxylic acids is 1. The van der Waals surface area contributed by atoms with E-state index in [4.69, 9.17) is 4.74 Å². The predicted molar refractivity (Wildman–Crippen MR) is 98.1 cm³/mol. The van der Waals surface area contributed by atoms with Crippen molar-refractivity contribution in [3.63, 3.8) is 0 Å². The van der Waals surface area contributed by atoms with Gasteiger partial charge in [-0.2, -0.15) is 0 Å². The average molecular weight is 347 g/mol. The fourth-order valence-corrected chi connectivity index (χ4v) is 3.80. The van der Waals surface area contributed by atoms with Crippen LogP contribution in [-0.4, -0.2) is 50.0 Å². The summed E-state index contributed by atoms with van der Waals surface area (Å²) in [6.07, 6.45) is 4.15. The first-order valence-corrected chi connectivity index (χ1v) is 9.26. The second-order valence-electron chi connectivity index (χ2n) is 7.13. The predicted octanol–water partition coefficient (Wildman–Crippen LogP) is 2.12. The van der Waals surface area contributed by atoms with Crippen molar-refractivity contribution >= 4 is 11.7 Å². The summed E-state index contributed by atoms with van der Waals surface area (Å²) >= 11 is 0. The van der Waals surface area contributed by atoms with Crippen molar-refractivity contribution in [1.82, 2.24) is 10.6 Å². The van der Waals surface area contributed by atoms with Gasteiger partial charge in [-0.05, 0) is 50.2 Å². The standard InChI is InChI=1S/C19H29N3O3/c1-25-18-5-3-2-4-17(18)22-11-10-14(13-22)12-20-19(24)21-15-6-8-16(23)9-7-15/h2-5,14-16,23H,6-13H2,1H3,(H2,20,21,24)/t14-,15?,16?/m0/s1. The van der Waals surface area contributed by atoms with E-state index in [2.05, 4.69) is 21.6 Å². The molecular weight excluding hydrogens is 318 g/mol. The van der Waals surface area contributed by atoms with E-state index in [0.717, 1.165) is 56.6 Å². The van der Waals surface area contributed by atoms with Crippen molar-refractivity contribution < 1.29 is 14.6 Å². The lowest BCUT2D eigenvalue weighted by atomic mass is 9.93. The summed E-state index contributed by atoms with van der Waals surface area (Å²) in [4.78, 5) is 14.4. The summed E-state index contributed by atoms with van der Waals surface area (Å²) in [5.41, 5.74) is 1.12. The van der Waals surface area contributed by atoms with Crippen LogP contribution >= 0.6 is 0 Å². The first-order chi connectivity index (χ1) is 12.2. The zero-order valence-corrected chi connectivity index (χ0v) is 14.9. The van der Waals surface area contributed by atoms with E-state index in [1.54, 1.807) is 7.11 Å². The van der Waals surface area contributed by atoms with E-state index in [-0.39, 0.29) is 18.2 Å². The van der Waals surface area contributed by atoms with Gasteiger partial charge in [0.1, 0.15) is 5.75 Å². The number of ether oxygens (including phenoxy) is 1. The number of hydrogen-bond acceptors (Lipinski definition) is 4. The summed E-state index contributed by atoms with van der Waals surface area (Å²) in [7, 11) is 1.70. The second-order valence-corrected chi connectivity index (χ2v) is 7.13. The van der Waals surface area contributed by atoms with Gasteiger partial charge in [-0.25, -0.2) is 4.79 Å². The molecule has 0 bridgehead atoms. The van der Waals surface area contributed by atoms with Gasteiger partial charge in [0.2, 0.25) is 0 Å². The maximum absolute atomic E-state index is 12.1. The number of hydrogen-bond donors (Lipinski definition) is 3. The SMILES string of the molecule is COc1ccccc1N1CC[C@@H](CNC(=O)NC2CCC(O)CC2)C1. The number of carbonyl (C=O) groups is 1. The molecule has 25 heavy (non-hydrogen) atoms. The third kappa shape index (κ3) is 4.78. The Labute approximate surface area is 149 Å². The van der Waals surface area contributed by atoms with Crippen LogP contribution in [0.5, 0.6) is 5.75 Å². The molecule has 138 valence electrons. The van der Waals surface area contributed by atoms with Gasteiger partial charge in [0.15, 0.2) is 0 Å². The minimum Gasteiger partial charge on any atom is -0.495 e. The molecule has 1 saturated heterocycles. The monoisotopic (exact) mass is 347 g/mol. The number of rotatable bonds is 5. The molecule has 0 spiro atoms. The van der Waals surface area contributed by atoms with Crippen LogP contribution in [0.4, 0.5) is 10.5 Å². The fourth-order valence-electron chi connectivity index (χ4n) is 3.80. The molecule has 1 aliphatic carbocycles. The molecule has 3 rings (SSSR count). The number of aliphatic hydroxyl groups is 1. The number of amides is 2. The molecule has 1 saturated carbocycles. The molecule has 0 aromatic heterocycles. The highest BCUT2D eigenvalue weighted by atomic mass is 16.5. The first-order valence-electron chi connectivity index (χ1n) is 9.26. The topological polar surface area (TPSA) is 73.8 Å². The Hall–Kier alpha value is -1.95. The number of nitrogens with one attached hydrogen (secondary N) is 2. The highest BCUT2D eigenvalue weighted by molar-refractivity contribution is 5.74. The molecule has 1 aliphatic heterocycles. The van der Waals surface area contributed by atoms with Crippen LogP contribution in [0.1, 0.15) is 32.1 Å². The molecule has 1 aromatic rings. The molecule has 2 amide bonds. The zero-order valence-electron chi connectivity index (χ0n) is 14.9. The lowest BCUT2D eigenvalue weighted by Gasteiger charge is -2.26. The Morgan fingerprint density at radius 2 is 2.00 bits per heavy atom. The molecule has 0 unspecified atom stereocenters. The number of anilines is 1. The number of benzene rings is 1. The molecule has 0 radical (unpaired) electrons. The van der Waals surface area contributed by atoms with Crippen LogP contribution in [-0.2, 0) is 0 Å². The average Bonchev–Trinajstić information content (AvgIpc) is 3.11. The lowest BCUT2D eigenvalue weighted by Crippen LogP contribution is -2.45. The highest BCUT2D eigenvalue weighted by Crippen LogP contribution is 2.31. The number of nitrogens with zero attached hydrogens (tertiary/aromatic N) is 1. The molecular formula is C19H29N3O3. The highest BCUT2D eigenvalue weighted by Gasteiger charge is 2.25. The number of urea groups is 1. The first kappa shape index (κ1) is 17.9. The molecule has 3 N–H and O–H groups in total. The summed E-state index contributed by atoms with van der Waals surface area (Å²) in [5.74, 6) is 1.34. The van der Waals surface area contributed by atoms with Gasteiger partial charge in [-0.15, -0.1) is 0 Å². The van der Waals surface area contributed by atoms with Gasteiger partial charge < -0.3 is 25.4 Å². The Bertz CT molecular complexity index is 573. The summed E-state index contributed by atoms with van der Waals surface area (Å²) in [5, 5.41) is 15.6. The summed E-state index contributed by atoms with van der Waals surface area (Å²) in [6, 6.07) is 8.17. The van der Waals surface area contributed by atoms with Crippen LogP contribution in [0.15, 0.2) is 24.3 Å². The Morgan fingerprint density at radius 1 is 1.24 bits per heavy atom. The van der Waals surface area contributed by atoms with E-state index < -0.39 is 0 Å². The molecule has 2 aliphatic rings. The van der Waals surface area contributed by atoms with Gasteiger partial charge in [0.05, 0.1) is 18.9 Å². The third-order valence-corrected chi connectivity index (χ3v) is 5.29. The quantitative estimate of drug-likeness (QED) is 0.763. The minimum atomic E-state index is -0.194. The Kier molecular flexibility index (Phi) is 6.02. The van der Waals surface area contributed by atoms with Crippen LogP contribution in [0.2, 0.25) is 0 Å². The maximum Gasteiger partial charge on any atom is 0.315 e. The number of methoxy groups -OCH3 is 1. The van der Waals surface area contributed by atoms with Crippen LogP contribution in [0.3, 0.4) is 0 Å². The van der Waals surface area contributed by atoms with Crippen molar-refractivity contribution in [2.24, 2.45) is 5.92 Å². The van der Waals surface area contributed by atoms with E-state index in [1.807, 2.05) is 18.2 Å². The third-order valence-electron chi connectivity index (χ3n) is 5.29. The van der Waals surface area contributed by atoms with Gasteiger partial charge in [-0.1, -0.05) is 12.1 Å². The van der Waals surface area contributed by atoms with E-state index in [0.29, 0.717) is 12.5 Å². The molecule has 1 heterocycles. The molecule has 6 heteroatoms. The normalized spacial score (nSPS) is 26.3. The maximum atomic E-state index is 12.1. The van der Waals surface area contributed by atoms with Crippen molar-refractivity contribution in [1.29, 1.82) is 0 Å². The minimum absolute atomic E-state index is 0.0860. The fraction of sp³-hybridized carbons (Fsp3) is 0.632. The number of aliphatic hydroxyl groups excluding tert-OH is 1. The summed E-state index contributed by atoms with van der Waals surface area (Å²) < 4.78 is 5.44. The van der Waals surface area contributed by atoms with Gasteiger partial charge >= 0.3 is 6.03 Å². The second kappa shape index (κ2) is 8.43. The lowest BCUT2D eigenvalue weighted by molar-refractivity contribution is 0.117. The van der Waals surface area contributed by atoms with Crippen molar-refractivity contribution in [3.8, 4) is 5.75 Å². The Balaban J connectivity index is 1.42. The van der Waals surface area contributed by atoms with Crippen molar-refractivity contribution in [2.75, 3.05) is 31.6 Å². The molecule has 6 nitrogen and oxygen atoms in total. The van der Waals surface area contributed by atoms with Crippen molar-refractivity contribution in [3.05, 3.63) is 24.3 Å². The van der Waals surface area contributed by atoms with Crippen molar-refractivity contribution in [2.45, 2.75) is 44.2 Å². The molecule has 2 fully saturated rings. The number of para-hydroxylation sites is 2. The van der Waals surface area contributed by atoms with Gasteiger partial charge in [-0.3, -0.25) is 0 Å². The molecule has 1 aromatic carbocycles. The van der Waals surface area contributed by atoms with E-state index >= 15 is 0 Å². The van der Waals surface area contributed by atoms with E-state index in [9.17, 15) is 9.90 Å². The molecule has 1 atom stereocenters. The van der Waals surface area contributed by atoms with E-state index in [1.165, 1.54) is 0 Å². The Morgan fingerprint density at radius 3 is 2.76 bits per heavy atom. The largest absolute Gasteiger partial charge is 0.495 e. The van der Waals surface area contributed by atoms with Crippen LogP contribution in [0, 0.1) is 5.92 Å². The van der Waals surface area contributed by atoms with Gasteiger partial charge in [0.25, 0.3) is 0 Å². The smallest absolute Gasteiger partial charge is 0.315 e. The van der Waals surface area contributed by atoms with Gasteiger partial charge in [0, 0.05) is 25.7 Å². The van der Waals surface area contributed by atoms with Crippen LogP contribution < -0.4 is 20.3 Å².